The molecule has 17 heavy (non-hydrogen) atoms. The lowest BCUT2D eigenvalue weighted by atomic mass is 9.83. The third-order valence-electron chi connectivity index (χ3n) is 4.14. The predicted octanol–water partition coefficient (Wildman–Crippen LogP) is 3.35. The molecule has 1 saturated carbocycles. The van der Waals surface area contributed by atoms with Crippen LogP contribution in [0.5, 0.6) is 0 Å². The van der Waals surface area contributed by atoms with Gasteiger partial charge in [-0.2, -0.15) is 0 Å². The maximum Gasteiger partial charge on any atom is 0.129 e. The van der Waals surface area contributed by atoms with E-state index in [2.05, 4.69) is 24.1 Å². The highest BCUT2D eigenvalue weighted by Gasteiger charge is 2.31. The van der Waals surface area contributed by atoms with Crippen molar-refractivity contribution in [1.29, 1.82) is 0 Å². The van der Waals surface area contributed by atoms with Gasteiger partial charge in [0.05, 0.1) is 11.9 Å². The number of nitrogens with zero attached hydrogens (tertiary/aromatic N) is 1. The molecule has 0 bridgehead atoms. The number of pyridine rings is 1. The highest BCUT2D eigenvalue weighted by molar-refractivity contribution is 5.50. The maximum atomic E-state index is 5.71. The van der Waals surface area contributed by atoms with Crippen LogP contribution in [0, 0.1) is 12.3 Å². The molecule has 2 rings (SSSR count). The second-order valence-electron chi connectivity index (χ2n) is 5.35. The van der Waals surface area contributed by atoms with Crippen LogP contribution in [0.4, 0.5) is 11.5 Å². The predicted molar refractivity (Wildman–Crippen MR) is 73.1 cm³/mol. The first-order valence-electron chi connectivity index (χ1n) is 6.61. The molecule has 0 radical (unpaired) electrons. The van der Waals surface area contributed by atoms with E-state index in [4.69, 9.17) is 5.73 Å². The number of anilines is 2. The summed E-state index contributed by atoms with van der Waals surface area (Å²) in [6.07, 6.45) is 8.44. The van der Waals surface area contributed by atoms with E-state index in [9.17, 15) is 0 Å². The van der Waals surface area contributed by atoms with E-state index < -0.39 is 0 Å². The van der Waals surface area contributed by atoms with Crippen LogP contribution in [-0.2, 0) is 0 Å². The number of nitrogen functional groups attached to an aromatic ring is 1. The van der Waals surface area contributed by atoms with Crippen molar-refractivity contribution in [3.63, 3.8) is 0 Å². The third-order valence-corrected chi connectivity index (χ3v) is 4.14. The normalized spacial score (nSPS) is 18.2. The first kappa shape index (κ1) is 12.2. The molecule has 0 unspecified atom stereocenters. The second kappa shape index (κ2) is 4.94. The van der Waals surface area contributed by atoms with Crippen molar-refractivity contribution in [2.24, 2.45) is 5.41 Å². The Hall–Kier alpha value is -1.25. The molecule has 94 valence electrons. The zero-order chi connectivity index (χ0) is 12.3. The van der Waals surface area contributed by atoms with E-state index >= 15 is 0 Å². The summed E-state index contributed by atoms with van der Waals surface area (Å²) in [5, 5.41) is 3.51. The maximum absolute atomic E-state index is 5.71. The van der Waals surface area contributed by atoms with Gasteiger partial charge in [0, 0.05) is 6.54 Å². The number of nitrogens with two attached hydrogens (primary N) is 1. The van der Waals surface area contributed by atoms with Gasteiger partial charge >= 0.3 is 0 Å². The van der Waals surface area contributed by atoms with Crippen molar-refractivity contribution in [2.45, 2.75) is 46.0 Å². The van der Waals surface area contributed by atoms with Crippen LogP contribution >= 0.6 is 0 Å². The van der Waals surface area contributed by atoms with Crippen LogP contribution in [0.15, 0.2) is 12.3 Å². The fourth-order valence-corrected chi connectivity index (χ4v) is 2.83. The Bertz CT molecular complexity index is 381. The van der Waals surface area contributed by atoms with E-state index in [1.165, 1.54) is 32.1 Å². The zero-order valence-corrected chi connectivity index (χ0v) is 10.9. The number of nitrogens with one attached hydrogen (secondary N) is 1. The van der Waals surface area contributed by atoms with Crippen LogP contribution in [0.2, 0.25) is 0 Å². The molecule has 0 saturated heterocycles. The Morgan fingerprint density at radius 3 is 2.71 bits per heavy atom. The first-order valence-corrected chi connectivity index (χ1v) is 6.61. The lowest BCUT2D eigenvalue weighted by Crippen LogP contribution is -2.26. The Kier molecular flexibility index (Phi) is 3.55. The highest BCUT2D eigenvalue weighted by atomic mass is 15.0. The van der Waals surface area contributed by atoms with Crippen LogP contribution in [0.1, 0.15) is 44.6 Å². The molecule has 0 amide bonds. The van der Waals surface area contributed by atoms with Crippen molar-refractivity contribution < 1.29 is 0 Å². The van der Waals surface area contributed by atoms with Gasteiger partial charge in [0.2, 0.25) is 0 Å². The Labute approximate surface area is 104 Å². The van der Waals surface area contributed by atoms with Crippen LogP contribution in [0.25, 0.3) is 0 Å². The van der Waals surface area contributed by atoms with Crippen LogP contribution < -0.4 is 11.1 Å². The minimum absolute atomic E-state index is 0.496. The van der Waals surface area contributed by atoms with Gasteiger partial charge in [0.25, 0.3) is 0 Å². The van der Waals surface area contributed by atoms with E-state index in [-0.39, 0.29) is 0 Å². The van der Waals surface area contributed by atoms with Crippen LogP contribution in [0.3, 0.4) is 0 Å². The van der Waals surface area contributed by atoms with Crippen molar-refractivity contribution in [1.82, 2.24) is 4.98 Å². The number of hydrogen-bond donors (Lipinski definition) is 2. The molecule has 1 aliphatic rings. The smallest absolute Gasteiger partial charge is 0.129 e. The lowest BCUT2D eigenvalue weighted by molar-refractivity contribution is 0.306. The van der Waals surface area contributed by atoms with Crippen molar-refractivity contribution >= 4 is 11.5 Å². The van der Waals surface area contributed by atoms with Crippen LogP contribution in [-0.4, -0.2) is 11.5 Å². The Morgan fingerprint density at radius 2 is 2.12 bits per heavy atom. The van der Waals surface area contributed by atoms with Gasteiger partial charge in [-0.3, -0.25) is 0 Å². The minimum atomic E-state index is 0.496. The van der Waals surface area contributed by atoms with Gasteiger partial charge in [-0.1, -0.05) is 19.8 Å². The van der Waals surface area contributed by atoms with Crippen molar-refractivity contribution in [3.8, 4) is 0 Å². The molecule has 1 heterocycles. The zero-order valence-electron chi connectivity index (χ0n) is 10.9. The van der Waals surface area contributed by atoms with Gasteiger partial charge in [-0.25, -0.2) is 4.98 Å². The quantitative estimate of drug-likeness (QED) is 0.838. The average Bonchev–Trinajstić information content (AvgIpc) is 2.77. The number of aryl methyl sites for hydroxylation is 1. The molecule has 0 spiro atoms. The second-order valence-corrected chi connectivity index (χ2v) is 5.35. The highest BCUT2D eigenvalue weighted by Crippen LogP contribution is 2.40. The van der Waals surface area contributed by atoms with E-state index in [1.54, 1.807) is 6.20 Å². The van der Waals surface area contributed by atoms with Gasteiger partial charge in [-0.05, 0) is 43.2 Å². The van der Waals surface area contributed by atoms with E-state index in [0.29, 0.717) is 5.41 Å². The summed E-state index contributed by atoms with van der Waals surface area (Å²) in [5.41, 5.74) is 8.07. The molecular formula is C14H23N3. The van der Waals surface area contributed by atoms with E-state index in [0.717, 1.165) is 23.6 Å². The monoisotopic (exact) mass is 233 g/mol. The molecule has 1 fully saturated rings. The Balaban J connectivity index is 2.01. The number of hydrogen-bond acceptors (Lipinski definition) is 3. The molecular weight excluding hydrogens is 210 g/mol. The summed E-state index contributed by atoms with van der Waals surface area (Å²) >= 11 is 0. The standard InChI is InChI=1S/C14H23N3/c1-3-14(6-4-5-7-14)10-17-13-11(2)8-12(15)9-16-13/h8-9H,3-7,10,15H2,1-2H3,(H,16,17). The molecule has 0 aromatic carbocycles. The molecule has 3 nitrogen and oxygen atoms in total. The summed E-state index contributed by atoms with van der Waals surface area (Å²) in [7, 11) is 0. The molecule has 1 aromatic rings. The fraction of sp³-hybridized carbons (Fsp3) is 0.643. The third kappa shape index (κ3) is 2.71. The molecule has 3 N–H and O–H groups in total. The summed E-state index contributed by atoms with van der Waals surface area (Å²) in [6, 6.07) is 1.97. The summed E-state index contributed by atoms with van der Waals surface area (Å²) in [4.78, 5) is 4.37. The largest absolute Gasteiger partial charge is 0.397 e. The topological polar surface area (TPSA) is 50.9 Å². The molecule has 1 aromatic heterocycles. The van der Waals surface area contributed by atoms with E-state index in [1.807, 2.05) is 6.07 Å². The average molecular weight is 233 g/mol. The summed E-state index contributed by atoms with van der Waals surface area (Å²) < 4.78 is 0. The van der Waals surface area contributed by atoms with Crippen molar-refractivity contribution in [3.05, 3.63) is 17.8 Å². The SMILES string of the molecule is CCC1(CNc2ncc(N)cc2C)CCCC1. The molecule has 1 aliphatic carbocycles. The number of aromatic nitrogens is 1. The molecule has 0 atom stereocenters. The van der Waals surface area contributed by atoms with Crippen molar-refractivity contribution in [2.75, 3.05) is 17.6 Å². The lowest BCUT2D eigenvalue weighted by Gasteiger charge is -2.28. The number of rotatable bonds is 4. The van der Waals surface area contributed by atoms with Gasteiger partial charge in [0.15, 0.2) is 0 Å². The van der Waals surface area contributed by atoms with Gasteiger partial charge in [0.1, 0.15) is 5.82 Å². The first-order chi connectivity index (χ1) is 8.15. The van der Waals surface area contributed by atoms with Gasteiger partial charge in [-0.15, -0.1) is 0 Å². The molecule has 0 aliphatic heterocycles. The fourth-order valence-electron chi connectivity index (χ4n) is 2.83. The molecule has 3 heteroatoms. The summed E-state index contributed by atoms with van der Waals surface area (Å²) in [6.45, 7) is 5.40. The minimum Gasteiger partial charge on any atom is -0.397 e. The van der Waals surface area contributed by atoms with Gasteiger partial charge < -0.3 is 11.1 Å². The summed E-state index contributed by atoms with van der Waals surface area (Å²) in [5.74, 6) is 0.985. The Morgan fingerprint density at radius 1 is 1.41 bits per heavy atom.